The number of carbonyl (C=O) groups excluding carboxylic acids is 1. The van der Waals surface area contributed by atoms with Gasteiger partial charge in [0.15, 0.2) is 0 Å². The quantitative estimate of drug-likeness (QED) is 0.924. The highest BCUT2D eigenvalue weighted by Crippen LogP contribution is 2.32. The number of hydrogen-bond donors (Lipinski definition) is 1. The van der Waals surface area contributed by atoms with Crippen molar-refractivity contribution < 1.29 is 14.6 Å². The first-order valence-corrected chi connectivity index (χ1v) is 8.37. The van der Waals surface area contributed by atoms with Crippen molar-refractivity contribution in [3.05, 3.63) is 47.2 Å². The molecule has 2 unspecified atom stereocenters. The Kier molecular flexibility index (Phi) is 4.83. The van der Waals surface area contributed by atoms with Crippen molar-refractivity contribution in [1.82, 2.24) is 9.47 Å². The molecule has 0 bridgehead atoms. The zero-order chi connectivity index (χ0) is 17.3. The number of likely N-dealkylation sites (tertiary alicyclic amines) is 1. The number of aliphatic hydroxyl groups excluding tert-OH is 1. The standard InChI is InChI=1S/C18H21ClN2O3/c1-12(22)13-5-8-21(11-13)18(23)14-9-15(19)16(10-17(14)24-2)20-6-3-4-7-20/h3-4,6-7,9-10,12-13,22H,5,8,11H2,1-2H3. The summed E-state index contributed by atoms with van der Waals surface area (Å²) in [6.45, 7) is 2.95. The fourth-order valence-electron chi connectivity index (χ4n) is 3.11. The van der Waals surface area contributed by atoms with Crippen LogP contribution in [0.3, 0.4) is 0 Å². The van der Waals surface area contributed by atoms with Crippen molar-refractivity contribution in [3.8, 4) is 11.4 Å². The molecule has 2 aromatic rings. The Bertz CT molecular complexity index is 728. The first-order chi connectivity index (χ1) is 11.5. The van der Waals surface area contributed by atoms with Crippen molar-refractivity contribution in [2.75, 3.05) is 20.2 Å². The second kappa shape index (κ2) is 6.87. The third-order valence-corrected chi connectivity index (χ3v) is 4.88. The van der Waals surface area contributed by atoms with Gasteiger partial charge >= 0.3 is 0 Å². The Morgan fingerprint density at radius 1 is 1.38 bits per heavy atom. The number of benzene rings is 1. The molecule has 1 saturated heterocycles. The lowest BCUT2D eigenvalue weighted by Crippen LogP contribution is -2.30. The normalized spacial score (nSPS) is 18.7. The van der Waals surface area contributed by atoms with Crippen LogP contribution in [-0.4, -0.2) is 46.8 Å². The zero-order valence-corrected chi connectivity index (χ0v) is 14.5. The van der Waals surface area contributed by atoms with Crippen LogP contribution in [0.4, 0.5) is 0 Å². The molecule has 0 aliphatic carbocycles. The minimum Gasteiger partial charge on any atom is -0.496 e. The Morgan fingerprint density at radius 3 is 2.67 bits per heavy atom. The van der Waals surface area contributed by atoms with Crippen LogP contribution in [0.25, 0.3) is 5.69 Å². The number of halogens is 1. The second-order valence-electron chi connectivity index (χ2n) is 6.13. The molecule has 1 N–H and O–H groups in total. The Morgan fingerprint density at radius 2 is 2.08 bits per heavy atom. The highest BCUT2D eigenvalue weighted by Gasteiger charge is 2.31. The number of nitrogens with zero attached hydrogens (tertiary/aromatic N) is 2. The van der Waals surface area contributed by atoms with Crippen molar-refractivity contribution in [3.63, 3.8) is 0 Å². The average molecular weight is 349 g/mol. The molecule has 128 valence electrons. The smallest absolute Gasteiger partial charge is 0.257 e. The maximum atomic E-state index is 12.8. The molecule has 1 aromatic carbocycles. The summed E-state index contributed by atoms with van der Waals surface area (Å²) in [7, 11) is 1.54. The van der Waals surface area contributed by atoms with Gasteiger partial charge in [-0.15, -0.1) is 0 Å². The molecule has 1 aromatic heterocycles. The van der Waals surface area contributed by atoms with E-state index in [1.807, 2.05) is 29.1 Å². The summed E-state index contributed by atoms with van der Waals surface area (Å²) in [5.41, 5.74) is 1.21. The van der Waals surface area contributed by atoms with E-state index in [4.69, 9.17) is 16.3 Å². The first-order valence-electron chi connectivity index (χ1n) is 7.99. The van der Waals surface area contributed by atoms with Gasteiger partial charge in [-0.2, -0.15) is 0 Å². The second-order valence-corrected chi connectivity index (χ2v) is 6.54. The van der Waals surface area contributed by atoms with Crippen molar-refractivity contribution in [2.45, 2.75) is 19.4 Å². The van der Waals surface area contributed by atoms with Gasteiger partial charge in [-0.05, 0) is 31.5 Å². The number of amides is 1. The number of rotatable bonds is 4. The maximum absolute atomic E-state index is 12.8. The average Bonchev–Trinajstić information content (AvgIpc) is 3.25. The van der Waals surface area contributed by atoms with Gasteiger partial charge in [0.2, 0.25) is 0 Å². The highest BCUT2D eigenvalue weighted by atomic mass is 35.5. The van der Waals surface area contributed by atoms with Gasteiger partial charge in [-0.1, -0.05) is 11.6 Å². The van der Waals surface area contributed by atoms with E-state index in [2.05, 4.69) is 0 Å². The number of aromatic nitrogens is 1. The lowest BCUT2D eigenvalue weighted by atomic mass is 10.0. The first kappa shape index (κ1) is 16.9. The van der Waals surface area contributed by atoms with Crippen LogP contribution in [-0.2, 0) is 0 Å². The van der Waals surface area contributed by atoms with Crippen LogP contribution >= 0.6 is 11.6 Å². The lowest BCUT2D eigenvalue weighted by molar-refractivity contribution is 0.0759. The van der Waals surface area contributed by atoms with E-state index in [0.29, 0.717) is 29.4 Å². The molecule has 0 radical (unpaired) electrons. The van der Waals surface area contributed by atoms with Gasteiger partial charge < -0.3 is 19.3 Å². The van der Waals surface area contributed by atoms with Crippen LogP contribution < -0.4 is 4.74 Å². The Hall–Kier alpha value is -1.98. The monoisotopic (exact) mass is 348 g/mol. The van der Waals surface area contributed by atoms with Gasteiger partial charge in [0.1, 0.15) is 5.75 Å². The zero-order valence-electron chi connectivity index (χ0n) is 13.8. The van der Waals surface area contributed by atoms with Gasteiger partial charge in [-0.3, -0.25) is 4.79 Å². The summed E-state index contributed by atoms with van der Waals surface area (Å²) in [5, 5.41) is 10.2. The molecular formula is C18H21ClN2O3. The van der Waals surface area contributed by atoms with Crippen LogP contribution in [0.1, 0.15) is 23.7 Å². The Labute approximate surface area is 146 Å². The number of aliphatic hydroxyl groups is 1. The minimum atomic E-state index is -0.413. The van der Waals surface area contributed by atoms with E-state index in [0.717, 1.165) is 12.1 Å². The summed E-state index contributed by atoms with van der Waals surface area (Å²) < 4.78 is 7.30. The molecule has 1 aliphatic rings. The number of hydrogen-bond acceptors (Lipinski definition) is 3. The number of ether oxygens (including phenoxy) is 1. The van der Waals surface area contributed by atoms with Gasteiger partial charge in [0.25, 0.3) is 5.91 Å². The van der Waals surface area contributed by atoms with Gasteiger partial charge in [0, 0.05) is 37.5 Å². The molecule has 1 aliphatic heterocycles. The maximum Gasteiger partial charge on any atom is 0.257 e. The van der Waals surface area contributed by atoms with E-state index in [9.17, 15) is 9.90 Å². The van der Waals surface area contributed by atoms with Gasteiger partial charge in [0.05, 0.1) is 29.5 Å². The minimum absolute atomic E-state index is 0.115. The molecule has 6 heteroatoms. The fourth-order valence-corrected chi connectivity index (χ4v) is 3.37. The van der Waals surface area contributed by atoms with Gasteiger partial charge in [-0.25, -0.2) is 0 Å². The summed E-state index contributed by atoms with van der Waals surface area (Å²) in [6, 6.07) is 7.25. The van der Waals surface area contributed by atoms with Crippen LogP contribution in [0.5, 0.6) is 5.75 Å². The van der Waals surface area contributed by atoms with Crippen LogP contribution in [0.2, 0.25) is 5.02 Å². The summed E-state index contributed by atoms with van der Waals surface area (Å²) >= 11 is 6.39. The predicted octanol–water partition coefficient (Wildman–Crippen LogP) is 2.98. The third kappa shape index (κ3) is 3.14. The molecule has 5 nitrogen and oxygen atoms in total. The topological polar surface area (TPSA) is 54.7 Å². The molecule has 24 heavy (non-hydrogen) atoms. The van der Waals surface area contributed by atoms with Crippen LogP contribution in [0.15, 0.2) is 36.7 Å². The predicted molar refractivity (Wildman–Crippen MR) is 93.0 cm³/mol. The van der Waals surface area contributed by atoms with Crippen molar-refractivity contribution in [1.29, 1.82) is 0 Å². The molecule has 0 spiro atoms. The van der Waals surface area contributed by atoms with E-state index in [-0.39, 0.29) is 11.8 Å². The summed E-state index contributed by atoms with van der Waals surface area (Å²) in [5.74, 6) is 0.499. The van der Waals surface area contributed by atoms with Crippen LogP contribution in [0, 0.1) is 5.92 Å². The number of carbonyl (C=O) groups is 1. The summed E-state index contributed by atoms with van der Waals surface area (Å²) in [4.78, 5) is 14.6. The van der Waals surface area contributed by atoms with E-state index < -0.39 is 6.10 Å². The molecule has 1 amide bonds. The molecule has 3 rings (SSSR count). The molecule has 1 fully saturated rings. The molecule has 0 saturated carbocycles. The largest absolute Gasteiger partial charge is 0.496 e. The molecular weight excluding hydrogens is 328 g/mol. The molecule has 2 atom stereocenters. The lowest BCUT2D eigenvalue weighted by Gasteiger charge is -2.20. The Balaban J connectivity index is 1.91. The number of methoxy groups -OCH3 is 1. The molecule has 2 heterocycles. The van der Waals surface area contributed by atoms with Crippen molar-refractivity contribution >= 4 is 17.5 Å². The van der Waals surface area contributed by atoms with E-state index >= 15 is 0 Å². The third-order valence-electron chi connectivity index (χ3n) is 4.58. The van der Waals surface area contributed by atoms with E-state index in [1.54, 1.807) is 31.1 Å². The summed E-state index contributed by atoms with van der Waals surface area (Å²) in [6.07, 6.45) is 4.16. The highest BCUT2D eigenvalue weighted by molar-refractivity contribution is 6.33. The fraction of sp³-hybridized carbons (Fsp3) is 0.389. The van der Waals surface area contributed by atoms with Crippen molar-refractivity contribution in [2.24, 2.45) is 5.92 Å². The van der Waals surface area contributed by atoms with E-state index in [1.165, 1.54) is 0 Å². The SMILES string of the molecule is COc1cc(-n2cccc2)c(Cl)cc1C(=O)N1CCC(C(C)O)C1.